The Labute approximate surface area is 92.8 Å². The van der Waals surface area contributed by atoms with Gasteiger partial charge in [0, 0.05) is 0 Å². The van der Waals surface area contributed by atoms with Gasteiger partial charge in [-0.15, -0.1) is 0 Å². The molecule has 88 valence electrons. The number of likely N-dealkylation sites (N-methyl/N-ethyl adjacent to an activating group) is 1. The minimum absolute atomic E-state index is 0.0137. The van der Waals surface area contributed by atoms with Gasteiger partial charge in [0.05, 0.1) is 12.1 Å². The number of rotatable bonds is 6. The van der Waals surface area contributed by atoms with Crippen LogP contribution >= 0.6 is 0 Å². The van der Waals surface area contributed by atoms with E-state index in [1.165, 1.54) is 6.92 Å². The summed E-state index contributed by atoms with van der Waals surface area (Å²) in [5.41, 5.74) is 0. The molecule has 0 aliphatic heterocycles. The highest BCUT2D eigenvalue weighted by molar-refractivity contribution is 5.82. The molecule has 3 atom stereocenters. The molecule has 0 heterocycles. The second-order valence-corrected chi connectivity index (χ2v) is 4.29. The maximum atomic E-state index is 11.4. The summed E-state index contributed by atoms with van der Waals surface area (Å²) in [4.78, 5) is 13.2. The minimum atomic E-state index is -0.603. The Hall–Kier alpha value is -0.670. The molecule has 1 N–H and O–H groups in total. The third-order valence-corrected chi connectivity index (χ3v) is 2.62. The van der Waals surface area contributed by atoms with E-state index < -0.39 is 12.1 Å². The molecule has 0 spiro atoms. The molecule has 0 aromatic rings. The van der Waals surface area contributed by atoms with Gasteiger partial charge in [-0.2, -0.15) is 0 Å². The minimum Gasteiger partial charge on any atom is -0.391 e. The fraction of sp³-hybridized carbons (Fsp3) is 0.750. The van der Waals surface area contributed by atoms with Crippen molar-refractivity contribution in [2.45, 2.75) is 39.3 Å². The van der Waals surface area contributed by atoms with Crippen molar-refractivity contribution < 1.29 is 9.90 Å². The number of aliphatic hydroxyl groups is 1. The monoisotopic (exact) mass is 213 g/mol. The lowest BCUT2D eigenvalue weighted by Crippen LogP contribution is -2.47. The highest BCUT2D eigenvalue weighted by Gasteiger charge is 2.29. The van der Waals surface area contributed by atoms with Crippen molar-refractivity contribution in [3.63, 3.8) is 0 Å². The van der Waals surface area contributed by atoms with Crippen LogP contribution in [0.1, 0.15) is 27.2 Å². The summed E-state index contributed by atoms with van der Waals surface area (Å²) in [5, 5.41) is 10.0. The summed E-state index contributed by atoms with van der Waals surface area (Å²) in [6.45, 7) is 5.44. The van der Waals surface area contributed by atoms with Gasteiger partial charge in [-0.05, 0) is 40.3 Å². The van der Waals surface area contributed by atoms with Crippen molar-refractivity contribution in [1.82, 2.24) is 4.90 Å². The number of aliphatic hydroxyl groups excluding tert-OH is 1. The topological polar surface area (TPSA) is 40.5 Å². The normalized spacial score (nSPS) is 18.1. The maximum absolute atomic E-state index is 11.4. The van der Waals surface area contributed by atoms with Crippen LogP contribution < -0.4 is 0 Å². The van der Waals surface area contributed by atoms with Crippen LogP contribution in [0.5, 0.6) is 0 Å². The van der Waals surface area contributed by atoms with E-state index >= 15 is 0 Å². The number of ketones is 1. The summed E-state index contributed by atoms with van der Waals surface area (Å²) in [6, 6.07) is -0.398. The lowest BCUT2D eigenvalue weighted by atomic mass is 9.92. The number of nitrogens with zero attached hydrogens (tertiary/aromatic N) is 1. The summed E-state index contributed by atoms with van der Waals surface area (Å²) in [7, 11) is 3.63. The first-order valence-electron chi connectivity index (χ1n) is 5.37. The molecule has 0 aromatic carbocycles. The van der Waals surface area contributed by atoms with E-state index in [1.54, 1.807) is 4.90 Å². The highest BCUT2D eigenvalue weighted by Crippen LogP contribution is 2.15. The van der Waals surface area contributed by atoms with Gasteiger partial charge in [0.2, 0.25) is 0 Å². The van der Waals surface area contributed by atoms with Crippen LogP contribution in [-0.4, -0.2) is 42.0 Å². The van der Waals surface area contributed by atoms with Crippen molar-refractivity contribution in [3.8, 4) is 0 Å². The smallest absolute Gasteiger partial charge is 0.149 e. The molecule has 0 radical (unpaired) electrons. The average Bonchev–Trinajstić information content (AvgIpc) is 2.12. The predicted molar refractivity (Wildman–Crippen MR) is 62.8 cm³/mol. The van der Waals surface area contributed by atoms with Crippen molar-refractivity contribution in [2.75, 3.05) is 14.1 Å². The van der Waals surface area contributed by atoms with E-state index in [0.29, 0.717) is 0 Å². The first-order valence-corrected chi connectivity index (χ1v) is 5.37. The zero-order chi connectivity index (χ0) is 12.0. The molecule has 0 saturated heterocycles. The molecule has 0 aromatic heterocycles. The van der Waals surface area contributed by atoms with Crippen molar-refractivity contribution in [3.05, 3.63) is 12.2 Å². The molecule has 3 heteroatoms. The van der Waals surface area contributed by atoms with Gasteiger partial charge in [0.15, 0.2) is 0 Å². The fourth-order valence-electron chi connectivity index (χ4n) is 1.71. The number of allylic oxidation sites excluding steroid dienone is 2. The molecule has 0 saturated carbocycles. The zero-order valence-corrected chi connectivity index (χ0v) is 10.4. The highest BCUT2D eigenvalue weighted by atomic mass is 16.3. The molecule has 0 amide bonds. The van der Waals surface area contributed by atoms with E-state index in [4.69, 9.17) is 0 Å². The SMILES string of the molecule is C/C=C/C[C@@H](C)[C@@H](O)C(C(C)=O)N(C)C. The Bertz CT molecular complexity index is 224. The predicted octanol–water partition coefficient (Wildman–Crippen LogP) is 1.47. The summed E-state index contributed by atoms with van der Waals surface area (Å²) < 4.78 is 0. The van der Waals surface area contributed by atoms with E-state index in [2.05, 4.69) is 0 Å². The number of Topliss-reactive ketones (excluding diaryl/α,β-unsaturated/α-hetero) is 1. The molecule has 0 aliphatic carbocycles. The van der Waals surface area contributed by atoms with Crippen LogP contribution in [0.4, 0.5) is 0 Å². The lowest BCUT2D eigenvalue weighted by Gasteiger charge is -2.30. The standard InChI is InChI=1S/C12H23NO2/c1-6-7-8-9(2)12(15)11(10(3)14)13(4)5/h6-7,9,11-12,15H,8H2,1-5H3/b7-6+/t9-,11?,12-/m1/s1. The van der Waals surface area contributed by atoms with Crippen LogP contribution in [0.3, 0.4) is 0 Å². The van der Waals surface area contributed by atoms with E-state index in [1.807, 2.05) is 40.1 Å². The third kappa shape index (κ3) is 4.58. The summed E-state index contributed by atoms with van der Waals surface area (Å²) in [5.74, 6) is 0.109. The quantitative estimate of drug-likeness (QED) is 0.679. The molecule has 0 aliphatic rings. The number of hydrogen-bond donors (Lipinski definition) is 1. The average molecular weight is 213 g/mol. The van der Waals surface area contributed by atoms with Gasteiger partial charge in [-0.25, -0.2) is 0 Å². The molecule has 0 rings (SSSR count). The van der Waals surface area contributed by atoms with Gasteiger partial charge >= 0.3 is 0 Å². The largest absolute Gasteiger partial charge is 0.391 e. The van der Waals surface area contributed by atoms with Crippen LogP contribution in [0.25, 0.3) is 0 Å². The summed E-state index contributed by atoms with van der Waals surface area (Å²) >= 11 is 0. The zero-order valence-electron chi connectivity index (χ0n) is 10.4. The van der Waals surface area contributed by atoms with Crippen molar-refractivity contribution in [2.24, 2.45) is 5.92 Å². The lowest BCUT2D eigenvalue weighted by molar-refractivity contribution is -0.126. The number of carbonyl (C=O) groups excluding carboxylic acids is 1. The first-order chi connectivity index (χ1) is 6.91. The molecular formula is C12H23NO2. The Morgan fingerprint density at radius 3 is 2.33 bits per heavy atom. The van der Waals surface area contributed by atoms with Gasteiger partial charge in [0.25, 0.3) is 0 Å². The molecule has 15 heavy (non-hydrogen) atoms. The molecular weight excluding hydrogens is 190 g/mol. The van der Waals surface area contributed by atoms with Crippen LogP contribution in [0.2, 0.25) is 0 Å². The van der Waals surface area contributed by atoms with Gasteiger partial charge in [-0.1, -0.05) is 19.1 Å². The van der Waals surface area contributed by atoms with Crippen molar-refractivity contribution >= 4 is 5.78 Å². The Morgan fingerprint density at radius 1 is 1.47 bits per heavy atom. The third-order valence-electron chi connectivity index (χ3n) is 2.62. The second-order valence-electron chi connectivity index (χ2n) is 4.29. The first kappa shape index (κ1) is 14.3. The Morgan fingerprint density at radius 2 is 2.00 bits per heavy atom. The van der Waals surface area contributed by atoms with Gasteiger partial charge < -0.3 is 5.11 Å². The van der Waals surface area contributed by atoms with E-state index in [0.717, 1.165) is 6.42 Å². The van der Waals surface area contributed by atoms with Crippen LogP contribution in [0, 0.1) is 5.92 Å². The molecule has 1 unspecified atom stereocenters. The Kier molecular flexibility index (Phi) is 6.45. The van der Waals surface area contributed by atoms with Crippen LogP contribution in [-0.2, 0) is 4.79 Å². The molecule has 0 bridgehead atoms. The van der Waals surface area contributed by atoms with Gasteiger partial charge in [0.1, 0.15) is 5.78 Å². The van der Waals surface area contributed by atoms with Crippen LogP contribution in [0.15, 0.2) is 12.2 Å². The summed E-state index contributed by atoms with van der Waals surface area (Å²) in [6.07, 6.45) is 4.17. The Balaban J connectivity index is 4.48. The maximum Gasteiger partial charge on any atom is 0.149 e. The second kappa shape index (κ2) is 6.75. The number of carbonyl (C=O) groups is 1. The van der Waals surface area contributed by atoms with E-state index in [-0.39, 0.29) is 11.7 Å². The molecule has 0 fully saturated rings. The number of hydrogen-bond acceptors (Lipinski definition) is 3. The van der Waals surface area contributed by atoms with Crippen molar-refractivity contribution in [1.29, 1.82) is 0 Å². The molecule has 3 nitrogen and oxygen atoms in total. The van der Waals surface area contributed by atoms with E-state index in [9.17, 15) is 9.90 Å². The fourth-order valence-corrected chi connectivity index (χ4v) is 1.71. The van der Waals surface area contributed by atoms with Gasteiger partial charge in [-0.3, -0.25) is 9.69 Å².